The summed E-state index contributed by atoms with van der Waals surface area (Å²) in [6, 6.07) is 14.1. The molecule has 0 saturated heterocycles. The van der Waals surface area contributed by atoms with Crippen LogP contribution < -0.4 is 4.90 Å². The minimum absolute atomic E-state index is 0.301. The highest BCUT2D eigenvalue weighted by Gasteiger charge is 2.12. The van der Waals surface area contributed by atoms with Gasteiger partial charge < -0.3 is 4.90 Å². The van der Waals surface area contributed by atoms with Gasteiger partial charge in [0.25, 0.3) is 0 Å². The number of hydrogen-bond acceptors (Lipinski definition) is 3. The lowest BCUT2D eigenvalue weighted by Crippen LogP contribution is -2.21. The second kappa shape index (κ2) is 6.26. The Kier molecular flexibility index (Phi) is 4.63. The molecule has 0 aliphatic carbocycles. The molecule has 0 amide bonds. The van der Waals surface area contributed by atoms with Crippen LogP contribution in [0.3, 0.4) is 0 Å². The van der Waals surface area contributed by atoms with Gasteiger partial charge in [-0.05, 0) is 49.2 Å². The SMILES string of the molecule is CCN(Cc1ccc(S(=O)(=O)F)cc1)c1cccc(C)c1. The van der Waals surface area contributed by atoms with E-state index in [9.17, 15) is 12.3 Å². The first-order chi connectivity index (χ1) is 9.90. The van der Waals surface area contributed by atoms with Gasteiger partial charge in [-0.15, -0.1) is 3.89 Å². The number of rotatable bonds is 5. The van der Waals surface area contributed by atoms with Gasteiger partial charge in [-0.3, -0.25) is 0 Å². The van der Waals surface area contributed by atoms with Crippen LogP contribution in [-0.4, -0.2) is 15.0 Å². The number of nitrogens with zero attached hydrogens (tertiary/aromatic N) is 1. The largest absolute Gasteiger partial charge is 0.367 e. The normalized spacial score (nSPS) is 11.4. The average molecular weight is 307 g/mol. The van der Waals surface area contributed by atoms with Crippen LogP contribution in [0, 0.1) is 6.92 Å². The molecule has 2 aromatic carbocycles. The van der Waals surface area contributed by atoms with E-state index in [0.29, 0.717) is 6.54 Å². The molecule has 2 aromatic rings. The summed E-state index contributed by atoms with van der Waals surface area (Å²) >= 11 is 0. The smallest absolute Gasteiger partial charge is 0.332 e. The Labute approximate surface area is 125 Å². The highest BCUT2D eigenvalue weighted by Crippen LogP contribution is 2.20. The summed E-state index contributed by atoms with van der Waals surface area (Å²) in [4.78, 5) is 1.87. The molecule has 0 unspecified atom stereocenters. The molecule has 0 aliphatic heterocycles. The lowest BCUT2D eigenvalue weighted by molar-refractivity contribution is 0.552. The molecule has 112 valence electrons. The predicted molar refractivity (Wildman–Crippen MR) is 82.6 cm³/mol. The van der Waals surface area contributed by atoms with Crippen molar-refractivity contribution in [1.82, 2.24) is 0 Å². The summed E-state index contributed by atoms with van der Waals surface area (Å²) in [5, 5.41) is 0. The van der Waals surface area contributed by atoms with Crippen molar-refractivity contribution in [2.24, 2.45) is 0 Å². The molecule has 3 nitrogen and oxygen atoms in total. The summed E-state index contributed by atoms with van der Waals surface area (Å²) in [6.45, 7) is 5.57. The van der Waals surface area contributed by atoms with Crippen molar-refractivity contribution in [1.29, 1.82) is 0 Å². The molecular formula is C16H18FNO2S. The monoisotopic (exact) mass is 307 g/mol. The molecule has 0 heterocycles. The zero-order valence-electron chi connectivity index (χ0n) is 12.1. The molecule has 0 aromatic heterocycles. The third kappa shape index (κ3) is 4.04. The van der Waals surface area contributed by atoms with E-state index in [0.717, 1.165) is 17.8 Å². The maximum Gasteiger partial charge on any atom is 0.332 e. The number of benzene rings is 2. The summed E-state index contributed by atoms with van der Waals surface area (Å²) in [5.74, 6) is 0. The number of anilines is 1. The Hall–Kier alpha value is -1.88. The minimum Gasteiger partial charge on any atom is -0.367 e. The predicted octanol–water partition coefficient (Wildman–Crippen LogP) is 3.68. The highest BCUT2D eigenvalue weighted by molar-refractivity contribution is 7.86. The highest BCUT2D eigenvalue weighted by atomic mass is 32.3. The van der Waals surface area contributed by atoms with Gasteiger partial charge in [0.1, 0.15) is 0 Å². The van der Waals surface area contributed by atoms with Crippen molar-refractivity contribution in [3.63, 3.8) is 0 Å². The Balaban J connectivity index is 2.19. The maximum atomic E-state index is 12.9. The number of halogens is 1. The van der Waals surface area contributed by atoms with Gasteiger partial charge in [-0.2, -0.15) is 8.42 Å². The van der Waals surface area contributed by atoms with Crippen LogP contribution in [0.5, 0.6) is 0 Å². The Morgan fingerprint density at radius 3 is 2.29 bits per heavy atom. The van der Waals surface area contributed by atoms with Gasteiger partial charge in [0.15, 0.2) is 0 Å². The first-order valence-corrected chi connectivity index (χ1v) is 8.13. The molecule has 0 atom stereocenters. The van der Waals surface area contributed by atoms with Crippen LogP contribution in [0.1, 0.15) is 18.1 Å². The van der Waals surface area contributed by atoms with Crippen molar-refractivity contribution >= 4 is 15.9 Å². The van der Waals surface area contributed by atoms with E-state index in [1.54, 1.807) is 12.1 Å². The second-order valence-electron chi connectivity index (χ2n) is 4.93. The number of aryl methyl sites for hydroxylation is 1. The molecular weight excluding hydrogens is 289 g/mol. The van der Waals surface area contributed by atoms with E-state index in [4.69, 9.17) is 0 Å². The quantitative estimate of drug-likeness (QED) is 0.791. The second-order valence-corrected chi connectivity index (χ2v) is 6.28. The lowest BCUT2D eigenvalue weighted by Gasteiger charge is -2.23. The van der Waals surface area contributed by atoms with Crippen LogP contribution in [0.4, 0.5) is 9.57 Å². The summed E-state index contributed by atoms with van der Waals surface area (Å²) in [7, 11) is -4.62. The standard InChI is InChI=1S/C16H18FNO2S/c1-3-18(15-6-4-5-13(2)11-15)12-14-7-9-16(10-8-14)21(17,19)20/h4-11H,3,12H2,1-2H3. The molecule has 0 spiro atoms. The van der Waals surface area contributed by atoms with Crippen molar-refractivity contribution in [3.05, 3.63) is 59.7 Å². The van der Waals surface area contributed by atoms with Crippen LogP contribution in [-0.2, 0) is 16.8 Å². The zero-order valence-corrected chi connectivity index (χ0v) is 12.9. The molecule has 21 heavy (non-hydrogen) atoms. The first-order valence-electron chi connectivity index (χ1n) is 6.75. The van der Waals surface area contributed by atoms with Crippen LogP contribution in [0.2, 0.25) is 0 Å². The van der Waals surface area contributed by atoms with E-state index in [2.05, 4.69) is 17.9 Å². The van der Waals surface area contributed by atoms with Crippen LogP contribution in [0.15, 0.2) is 53.4 Å². The Bertz CT molecular complexity index is 711. The third-order valence-corrected chi connectivity index (χ3v) is 4.16. The van der Waals surface area contributed by atoms with E-state index in [-0.39, 0.29) is 4.90 Å². The summed E-state index contributed by atoms with van der Waals surface area (Å²) < 4.78 is 34.5. The van der Waals surface area contributed by atoms with Gasteiger partial charge in [0.05, 0.1) is 4.90 Å². The van der Waals surface area contributed by atoms with Crippen molar-refractivity contribution < 1.29 is 12.3 Å². The van der Waals surface area contributed by atoms with Gasteiger partial charge >= 0.3 is 10.2 Å². The molecule has 0 N–H and O–H groups in total. The van der Waals surface area contributed by atoms with Gasteiger partial charge in [-0.25, -0.2) is 0 Å². The Morgan fingerprint density at radius 2 is 1.76 bits per heavy atom. The van der Waals surface area contributed by atoms with Gasteiger partial charge in [-0.1, -0.05) is 24.3 Å². The van der Waals surface area contributed by atoms with Crippen molar-refractivity contribution in [3.8, 4) is 0 Å². The maximum absolute atomic E-state index is 12.9. The third-order valence-electron chi connectivity index (χ3n) is 3.33. The van der Waals surface area contributed by atoms with E-state index in [1.165, 1.54) is 17.7 Å². The number of hydrogen-bond donors (Lipinski definition) is 0. The Morgan fingerprint density at radius 1 is 1.10 bits per heavy atom. The molecule has 5 heteroatoms. The zero-order chi connectivity index (χ0) is 15.5. The van der Waals surface area contributed by atoms with Gasteiger partial charge in [0.2, 0.25) is 0 Å². The molecule has 2 rings (SSSR count). The van der Waals surface area contributed by atoms with Crippen molar-refractivity contribution in [2.45, 2.75) is 25.3 Å². The fraction of sp³-hybridized carbons (Fsp3) is 0.250. The van der Waals surface area contributed by atoms with Crippen LogP contribution >= 0.6 is 0 Å². The molecule has 0 radical (unpaired) electrons. The van der Waals surface area contributed by atoms with Gasteiger partial charge in [0, 0.05) is 18.8 Å². The van der Waals surface area contributed by atoms with Crippen LogP contribution in [0.25, 0.3) is 0 Å². The molecule has 0 bridgehead atoms. The van der Waals surface area contributed by atoms with Crippen molar-refractivity contribution in [2.75, 3.05) is 11.4 Å². The lowest BCUT2D eigenvalue weighted by atomic mass is 10.1. The fourth-order valence-corrected chi connectivity index (χ4v) is 2.65. The molecule has 0 saturated carbocycles. The first kappa shape index (κ1) is 15.5. The minimum atomic E-state index is -4.62. The van der Waals surface area contributed by atoms with E-state index >= 15 is 0 Å². The molecule has 0 fully saturated rings. The summed E-state index contributed by atoms with van der Waals surface area (Å²) in [6.07, 6.45) is 0. The topological polar surface area (TPSA) is 37.4 Å². The fourth-order valence-electron chi connectivity index (χ4n) is 2.19. The van der Waals surface area contributed by atoms with E-state index < -0.39 is 10.2 Å². The summed E-state index contributed by atoms with van der Waals surface area (Å²) in [5.41, 5.74) is 3.23. The average Bonchev–Trinajstić information content (AvgIpc) is 2.44. The molecule has 0 aliphatic rings. The van der Waals surface area contributed by atoms with E-state index in [1.807, 2.05) is 25.1 Å².